The first kappa shape index (κ1) is 23.7. The Morgan fingerprint density at radius 2 is 1.77 bits per heavy atom. The number of ether oxygens (including phenoxy) is 1. The molecule has 0 fully saturated rings. The van der Waals surface area contributed by atoms with Gasteiger partial charge in [-0.05, 0) is 55.8 Å². The summed E-state index contributed by atoms with van der Waals surface area (Å²) in [5.41, 5.74) is 2.35. The summed E-state index contributed by atoms with van der Waals surface area (Å²) in [6, 6.07) is 22.4. The first-order valence-electron chi connectivity index (χ1n) is 11.5. The molecule has 3 N–H and O–H groups in total. The Kier molecular flexibility index (Phi) is 7.21. The molecule has 0 saturated carbocycles. The largest absolute Gasteiger partial charge is 0.439 e. The zero-order valence-corrected chi connectivity index (χ0v) is 19.9. The molecule has 0 aliphatic carbocycles. The van der Waals surface area contributed by atoms with Crippen LogP contribution in [-0.4, -0.2) is 26.4 Å². The van der Waals surface area contributed by atoms with Crippen LogP contribution in [0.3, 0.4) is 0 Å². The molecule has 1 unspecified atom stereocenters. The van der Waals surface area contributed by atoms with Crippen molar-refractivity contribution in [2.45, 2.75) is 27.2 Å². The smallest absolute Gasteiger partial charge is 0.228 e. The maximum atomic E-state index is 12.8. The predicted octanol–water partition coefficient (Wildman–Crippen LogP) is 6.18. The lowest BCUT2D eigenvalue weighted by atomic mass is 10.1. The second-order valence-electron chi connectivity index (χ2n) is 8.16. The summed E-state index contributed by atoms with van der Waals surface area (Å²) in [5.74, 6) is 1.81. The van der Waals surface area contributed by atoms with Crippen molar-refractivity contribution in [3.63, 3.8) is 0 Å². The molecule has 8 nitrogen and oxygen atoms in total. The van der Waals surface area contributed by atoms with Crippen molar-refractivity contribution >= 4 is 28.9 Å². The fourth-order valence-corrected chi connectivity index (χ4v) is 3.43. The highest BCUT2D eigenvalue weighted by Crippen LogP contribution is 2.31. The van der Waals surface area contributed by atoms with Crippen molar-refractivity contribution < 1.29 is 9.53 Å². The van der Waals surface area contributed by atoms with Gasteiger partial charge in [0, 0.05) is 29.6 Å². The molecule has 1 amide bonds. The van der Waals surface area contributed by atoms with Crippen molar-refractivity contribution in [1.29, 1.82) is 5.41 Å². The molecule has 0 aliphatic rings. The molecule has 0 spiro atoms. The first-order chi connectivity index (χ1) is 17.0. The molecule has 178 valence electrons. The number of pyridine rings is 1. The summed E-state index contributed by atoms with van der Waals surface area (Å²) in [4.78, 5) is 17.0. The SMILES string of the molecule is CCC(C)C(=O)Nc1c(C(C)=N)c(Nc2ccc(Oc3ccccn3)cc2)nn1-c1ccccc1. The zero-order chi connectivity index (χ0) is 24.8. The van der Waals surface area contributed by atoms with E-state index in [1.54, 1.807) is 23.9 Å². The highest BCUT2D eigenvalue weighted by atomic mass is 16.5. The molecule has 2 heterocycles. The molecular formula is C27H28N6O2. The monoisotopic (exact) mass is 468 g/mol. The number of benzene rings is 2. The second kappa shape index (κ2) is 10.6. The molecule has 0 aliphatic heterocycles. The van der Waals surface area contributed by atoms with Crippen LogP contribution in [0.15, 0.2) is 79.0 Å². The molecule has 0 saturated heterocycles. The van der Waals surface area contributed by atoms with E-state index in [0.717, 1.165) is 11.4 Å². The Bertz CT molecular complexity index is 1300. The molecular weight excluding hydrogens is 440 g/mol. The number of hydrogen-bond donors (Lipinski definition) is 3. The van der Waals surface area contributed by atoms with Gasteiger partial charge in [0.15, 0.2) is 5.82 Å². The Morgan fingerprint density at radius 3 is 2.40 bits per heavy atom. The van der Waals surface area contributed by atoms with Crippen molar-refractivity contribution in [2.24, 2.45) is 5.92 Å². The minimum absolute atomic E-state index is 0.116. The van der Waals surface area contributed by atoms with Gasteiger partial charge < -0.3 is 20.8 Å². The second-order valence-corrected chi connectivity index (χ2v) is 8.16. The third kappa shape index (κ3) is 5.55. The lowest BCUT2D eigenvalue weighted by Crippen LogP contribution is -2.22. The minimum Gasteiger partial charge on any atom is -0.439 e. The van der Waals surface area contributed by atoms with Gasteiger partial charge in [-0.3, -0.25) is 4.79 Å². The fourth-order valence-electron chi connectivity index (χ4n) is 3.43. The van der Waals surface area contributed by atoms with E-state index in [1.807, 2.05) is 80.6 Å². The lowest BCUT2D eigenvalue weighted by molar-refractivity contribution is -0.119. The van der Waals surface area contributed by atoms with Crippen LogP contribution in [0.2, 0.25) is 0 Å². The number of nitrogens with zero attached hydrogens (tertiary/aromatic N) is 3. The molecule has 1 atom stereocenters. The molecule has 0 radical (unpaired) electrons. The van der Waals surface area contributed by atoms with Gasteiger partial charge in [-0.1, -0.05) is 38.1 Å². The molecule has 4 aromatic rings. The van der Waals surface area contributed by atoms with Crippen LogP contribution in [0, 0.1) is 11.3 Å². The van der Waals surface area contributed by atoms with Crippen LogP contribution in [0.4, 0.5) is 17.3 Å². The topological polar surface area (TPSA) is 105 Å². The summed E-state index contributed by atoms with van der Waals surface area (Å²) in [5, 5.41) is 19.5. The molecule has 0 bridgehead atoms. The van der Waals surface area contributed by atoms with Crippen LogP contribution in [0.1, 0.15) is 32.8 Å². The van der Waals surface area contributed by atoms with Gasteiger partial charge in [0.05, 0.1) is 11.3 Å². The Labute approximate surface area is 204 Å². The normalized spacial score (nSPS) is 11.5. The molecule has 8 heteroatoms. The third-order valence-corrected chi connectivity index (χ3v) is 5.54. The first-order valence-corrected chi connectivity index (χ1v) is 11.5. The summed E-state index contributed by atoms with van der Waals surface area (Å²) in [6.45, 7) is 5.53. The maximum absolute atomic E-state index is 12.8. The van der Waals surface area contributed by atoms with Gasteiger partial charge in [-0.2, -0.15) is 0 Å². The highest BCUT2D eigenvalue weighted by Gasteiger charge is 2.24. The van der Waals surface area contributed by atoms with Gasteiger partial charge in [-0.25, -0.2) is 9.67 Å². The Balaban J connectivity index is 1.67. The van der Waals surface area contributed by atoms with E-state index >= 15 is 0 Å². The van der Waals surface area contributed by atoms with E-state index < -0.39 is 0 Å². The zero-order valence-electron chi connectivity index (χ0n) is 19.9. The van der Waals surface area contributed by atoms with E-state index in [1.165, 1.54) is 0 Å². The summed E-state index contributed by atoms with van der Waals surface area (Å²) in [6.07, 6.45) is 2.38. The van der Waals surface area contributed by atoms with E-state index in [0.29, 0.717) is 35.2 Å². The number of carbonyl (C=O) groups is 1. The molecule has 2 aromatic carbocycles. The minimum atomic E-state index is -0.170. The van der Waals surface area contributed by atoms with E-state index in [-0.39, 0.29) is 17.5 Å². The lowest BCUT2D eigenvalue weighted by Gasteiger charge is -2.13. The van der Waals surface area contributed by atoms with Gasteiger partial charge in [0.2, 0.25) is 11.8 Å². The molecule has 35 heavy (non-hydrogen) atoms. The van der Waals surface area contributed by atoms with Crippen molar-refractivity contribution in [3.8, 4) is 17.3 Å². The standard InChI is InChI=1S/C27H28N6O2/c1-4-18(2)27(34)31-26-24(19(3)28)25(32-33(26)21-10-6-5-7-11-21)30-20-13-15-22(16-14-20)35-23-12-8-9-17-29-23/h5-18,28H,4H2,1-3H3,(H,30,32)(H,31,34). The number of amides is 1. The Morgan fingerprint density at radius 1 is 1.06 bits per heavy atom. The van der Waals surface area contributed by atoms with Crippen molar-refractivity contribution in [1.82, 2.24) is 14.8 Å². The van der Waals surface area contributed by atoms with Crippen LogP contribution in [0.5, 0.6) is 11.6 Å². The summed E-state index contributed by atoms with van der Waals surface area (Å²) >= 11 is 0. The molecule has 2 aromatic heterocycles. The van der Waals surface area contributed by atoms with Crippen LogP contribution in [0.25, 0.3) is 5.69 Å². The number of nitrogens with one attached hydrogen (secondary N) is 3. The Hall–Kier alpha value is -4.46. The van der Waals surface area contributed by atoms with Gasteiger partial charge in [-0.15, -0.1) is 5.10 Å². The fraction of sp³-hybridized carbons (Fsp3) is 0.185. The van der Waals surface area contributed by atoms with Gasteiger partial charge >= 0.3 is 0 Å². The van der Waals surface area contributed by atoms with Crippen LogP contribution < -0.4 is 15.4 Å². The van der Waals surface area contributed by atoms with Crippen molar-refractivity contribution in [2.75, 3.05) is 10.6 Å². The van der Waals surface area contributed by atoms with Crippen LogP contribution >= 0.6 is 0 Å². The summed E-state index contributed by atoms with van der Waals surface area (Å²) < 4.78 is 7.42. The number of rotatable bonds is 9. The van der Waals surface area contributed by atoms with E-state index in [9.17, 15) is 4.79 Å². The highest BCUT2D eigenvalue weighted by molar-refractivity contribution is 6.09. The number of anilines is 3. The quantitative estimate of drug-likeness (QED) is 0.255. The van der Waals surface area contributed by atoms with Gasteiger partial charge in [0.25, 0.3) is 0 Å². The van der Waals surface area contributed by atoms with Crippen LogP contribution in [-0.2, 0) is 4.79 Å². The summed E-state index contributed by atoms with van der Waals surface area (Å²) in [7, 11) is 0. The third-order valence-electron chi connectivity index (χ3n) is 5.54. The van der Waals surface area contributed by atoms with Gasteiger partial charge in [0.1, 0.15) is 11.6 Å². The maximum Gasteiger partial charge on any atom is 0.228 e. The number of para-hydroxylation sites is 1. The number of carbonyl (C=O) groups excluding carboxylic acids is 1. The average Bonchev–Trinajstić information content (AvgIpc) is 3.23. The number of hydrogen-bond acceptors (Lipinski definition) is 6. The predicted molar refractivity (Wildman–Crippen MR) is 138 cm³/mol. The van der Waals surface area contributed by atoms with Crippen molar-refractivity contribution in [3.05, 3.63) is 84.6 Å². The molecule has 4 rings (SSSR count). The van der Waals surface area contributed by atoms with E-state index in [4.69, 9.17) is 15.2 Å². The van der Waals surface area contributed by atoms with E-state index in [2.05, 4.69) is 15.6 Å². The number of aromatic nitrogens is 3. The average molecular weight is 469 g/mol.